The Kier molecular flexibility index (Phi) is 7.50. The summed E-state index contributed by atoms with van der Waals surface area (Å²) < 4.78 is 13.0. The number of aromatic nitrogens is 4. The van der Waals surface area contributed by atoms with Crippen molar-refractivity contribution in [2.24, 2.45) is 0 Å². The zero-order chi connectivity index (χ0) is 31.0. The summed E-state index contributed by atoms with van der Waals surface area (Å²) >= 11 is 0. The van der Waals surface area contributed by atoms with Crippen LogP contribution in [0.2, 0.25) is 0 Å². The Morgan fingerprint density at radius 3 is 2.60 bits per heavy atom. The van der Waals surface area contributed by atoms with E-state index in [9.17, 15) is 14.4 Å². The van der Waals surface area contributed by atoms with Crippen LogP contribution in [-0.4, -0.2) is 63.3 Å². The van der Waals surface area contributed by atoms with Crippen molar-refractivity contribution in [1.29, 1.82) is 0 Å². The summed E-state index contributed by atoms with van der Waals surface area (Å²) in [6.07, 6.45) is 7.83. The van der Waals surface area contributed by atoms with Gasteiger partial charge in [0.15, 0.2) is 11.4 Å². The zero-order valence-corrected chi connectivity index (χ0v) is 24.8. The highest BCUT2D eigenvalue weighted by Gasteiger charge is 2.44. The van der Waals surface area contributed by atoms with Gasteiger partial charge in [0.25, 0.3) is 17.7 Å². The minimum Gasteiger partial charge on any atom is -0.432 e. The van der Waals surface area contributed by atoms with Gasteiger partial charge in [0.05, 0.1) is 17.8 Å². The summed E-state index contributed by atoms with van der Waals surface area (Å²) in [5, 5.41) is 14.2. The van der Waals surface area contributed by atoms with E-state index in [-0.39, 0.29) is 12.5 Å². The summed E-state index contributed by atoms with van der Waals surface area (Å²) in [6.45, 7) is 0.351. The molecule has 0 spiro atoms. The fourth-order valence-corrected chi connectivity index (χ4v) is 6.32. The number of rotatable bonds is 7. The number of pyridine rings is 1. The number of ether oxygens (including phenoxy) is 1. The summed E-state index contributed by atoms with van der Waals surface area (Å²) in [4.78, 5) is 48.0. The monoisotopic (exact) mass is 607 g/mol. The second kappa shape index (κ2) is 11.8. The minimum atomic E-state index is -1.28. The van der Waals surface area contributed by atoms with Crippen LogP contribution >= 0.6 is 0 Å². The number of carbonyl (C=O) groups is 3. The maximum absolute atomic E-state index is 13.7. The van der Waals surface area contributed by atoms with Gasteiger partial charge < -0.3 is 25.1 Å². The summed E-state index contributed by atoms with van der Waals surface area (Å²) in [7, 11) is 1.49. The van der Waals surface area contributed by atoms with Crippen LogP contribution < -0.4 is 16.0 Å². The number of oxazole rings is 1. The standard InChI is InChI=1S/C33H33N7O5/c1-34-30(42)31-37-25-18-22(11-13-26(25)45-31)36-32(43)33(14-16-44-19-33)38-29(41)21-10-12-23-24(17-21)39-40(27-9-5-6-15-35-27)28(23)20-7-3-2-4-8-20/h5-6,9-13,15,17-18,20H,2-4,7-8,14,16,19H2,1H3,(H,34,42)(H,36,43)(H,38,41)/t33-/m1/s1. The average molecular weight is 608 g/mol. The molecule has 1 aliphatic heterocycles. The number of amides is 3. The van der Waals surface area contributed by atoms with Gasteiger partial charge in [-0.3, -0.25) is 14.4 Å². The SMILES string of the molecule is CNC(=O)c1nc2cc(NC(=O)[C@@]3(NC(=O)c4ccc5c(C6CCCCC6)n(-c6ccccn6)nc5c4)CCOC3)ccc2o1. The molecule has 2 fully saturated rings. The molecule has 45 heavy (non-hydrogen) atoms. The topological polar surface area (TPSA) is 153 Å². The van der Waals surface area contributed by atoms with E-state index < -0.39 is 23.3 Å². The summed E-state index contributed by atoms with van der Waals surface area (Å²) in [5.41, 5.74) is 2.21. The minimum absolute atomic E-state index is 0.0278. The average Bonchev–Trinajstić information content (AvgIpc) is 3.82. The van der Waals surface area contributed by atoms with Crippen molar-refractivity contribution in [2.45, 2.75) is 50.0 Å². The molecule has 3 amide bonds. The molecule has 1 aliphatic carbocycles. The Morgan fingerprint density at radius 1 is 0.978 bits per heavy atom. The lowest BCUT2D eigenvalue weighted by Crippen LogP contribution is -2.57. The molecule has 1 atom stereocenters. The van der Waals surface area contributed by atoms with E-state index in [1.54, 1.807) is 36.5 Å². The predicted molar refractivity (Wildman–Crippen MR) is 166 cm³/mol. The fourth-order valence-electron chi connectivity index (χ4n) is 6.32. The van der Waals surface area contributed by atoms with E-state index in [4.69, 9.17) is 14.3 Å². The number of benzene rings is 2. The highest BCUT2D eigenvalue weighted by molar-refractivity contribution is 6.05. The number of anilines is 1. The first kappa shape index (κ1) is 28.7. The third kappa shape index (κ3) is 5.42. The van der Waals surface area contributed by atoms with Gasteiger partial charge in [-0.2, -0.15) is 5.10 Å². The normalized spacial score (nSPS) is 18.7. The van der Waals surface area contributed by atoms with Crippen LogP contribution in [-0.2, 0) is 9.53 Å². The van der Waals surface area contributed by atoms with E-state index in [2.05, 4.69) is 25.9 Å². The van der Waals surface area contributed by atoms with Crippen LogP contribution in [0, 0.1) is 0 Å². The third-order valence-corrected chi connectivity index (χ3v) is 8.71. The smallest absolute Gasteiger partial charge is 0.306 e. The van der Waals surface area contributed by atoms with Crippen molar-refractivity contribution in [2.75, 3.05) is 25.6 Å². The highest BCUT2D eigenvalue weighted by atomic mass is 16.5. The Morgan fingerprint density at radius 2 is 1.84 bits per heavy atom. The molecule has 12 nitrogen and oxygen atoms in total. The molecular weight excluding hydrogens is 574 g/mol. The van der Waals surface area contributed by atoms with Crippen LogP contribution in [0.15, 0.2) is 65.2 Å². The van der Waals surface area contributed by atoms with E-state index in [1.165, 1.54) is 26.3 Å². The fraction of sp³-hybridized carbons (Fsp3) is 0.333. The Hall–Kier alpha value is -5.10. The molecule has 2 aromatic carbocycles. The lowest BCUT2D eigenvalue weighted by atomic mass is 9.85. The summed E-state index contributed by atoms with van der Waals surface area (Å²) in [5.74, 6) is -0.230. The maximum atomic E-state index is 13.7. The van der Waals surface area contributed by atoms with Crippen molar-refractivity contribution in [3.8, 4) is 5.82 Å². The number of fused-ring (bicyclic) bond motifs is 2. The number of hydrogen-bond acceptors (Lipinski definition) is 8. The molecule has 0 bridgehead atoms. The van der Waals surface area contributed by atoms with Crippen LogP contribution in [0.4, 0.5) is 5.69 Å². The first-order valence-electron chi connectivity index (χ1n) is 15.2. The first-order valence-corrected chi connectivity index (χ1v) is 15.2. The molecule has 5 aromatic rings. The number of hydrogen-bond donors (Lipinski definition) is 3. The Bertz CT molecular complexity index is 1900. The molecule has 12 heteroatoms. The molecule has 4 heterocycles. The van der Waals surface area contributed by atoms with Crippen molar-refractivity contribution < 1.29 is 23.5 Å². The predicted octanol–water partition coefficient (Wildman–Crippen LogP) is 4.50. The van der Waals surface area contributed by atoms with Crippen LogP contribution in [0.25, 0.3) is 27.8 Å². The quantitative estimate of drug-likeness (QED) is 0.245. The molecule has 3 aromatic heterocycles. The van der Waals surface area contributed by atoms with Crippen molar-refractivity contribution in [3.05, 3.63) is 77.9 Å². The van der Waals surface area contributed by atoms with Gasteiger partial charge in [-0.25, -0.2) is 14.6 Å². The second-order valence-corrected chi connectivity index (χ2v) is 11.6. The molecule has 0 unspecified atom stereocenters. The van der Waals surface area contributed by atoms with E-state index in [0.29, 0.717) is 46.8 Å². The molecule has 0 radical (unpaired) electrons. The molecule has 2 aliphatic rings. The zero-order valence-electron chi connectivity index (χ0n) is 24.8. The lowest BCUT2D eigenvalue weighted by molar-refractivity contribution is -0.122. The largest absolute Gasteiger partial charge is 0.432 e. The molecule has 1 saturated carbocycles. The maximum Gasteiger partial charge on any atom is 0.306 e. The van der Waals surface area contributed by atoms with Gasteiger partial charge in [0.2, 0.25) is 0 Å². The van der Waals surface area contributed by atoms with Crippen LogP contribution in [0.3, 0.4) is 0 Å². The van der Waals surface area contributed by atoms with Crippen molar-refractivity contribution >= 4 is 45.4 Å². The summed E-state index contributed by atoms with van der Waals surface area (Å²) in [6, 6.07) is 16.2. The number of nitrogens with zero attached hydrogens (tertiary/aromatic N) is 4. The molecule has 7 rings (SSSR count). The number of carbonyl (C=O) groups excluding carboxylic acids is 3. The Balaban J connectivity index is 1.15. The van der Waals surface area contributed by atoms with Crippen molar-refractivity contribution in [1.82, 2.24) is 30.4 Å². The lowest BCUT2D eigenvalue weighted by Gasteiger charge is -2.27. The van der Waals surface area contributed by atoms with Gasteiger partial charge in [-0.15, -0.1) is 0 Å². The molecule has 230 valence electrons. The van der Waals surface area contributed by atoms with Gasteiger partial charge in [-0.1, -0.05) is 31.4 Å². The second-order valence-electron chi connectivity index (χ2n) is 11.6. The van der Waals surface area contributed by atoms with E-state index in [1.807, 2.05) is 28.9 Å². The van der Waals surface area contributed by atoms with Gasteiger partial charge in [0.1, 0.15) is 11.1 Å². The first-order chi connectivity index (χ1) is 21.9. The molecule has 3 N–H and O–H groups in total. The van der Waals surface area contributed by atoms with Gasteiger partial charge in [0, 0.05) is 48.8 Å². The van der Waals surface area contributed by atoms with Gasteiger partial charge in [-0.05, 0) is 55.3 Å². The Labute approximate surface area is 258 Å². The van der Waals surface area contributed by atoms with Crippen molar-refractivity contribution in [3.63, 3.8) is 0 Å². The van der Waals surface area contributed by atoms with Crippen LogP contribution in [0.1, 0.15) is 71.2 Å². The third-order valence-electron chi connectivity index (χ3n) is 8.71. The van der Waals surface area contributed by atoms with Crippen LogP contribution in [0.5, 0.6) is 0 Å². The highest BCUT2D eigenvalue weighted by Crippen LogP contribution is 2.38. The number of nitrogens with one attached hydrogen (secondary N) is 3. The molecular formula is C33H33N7O5. The van der Waals surface area contributed by atoms with E-state index in [0.717, 1.165) is 29.7 Å². The molecule has 1 saturated heterocycles. The van der Waals surface area contributed by atoms with E-state index >= 15 is 0 Å². The van der Waals surface area contributed by atoms with Gasteiger partial charge >= 0.3 is 5.91 Å².